The van der Waals surface area contributed by atoms with Crippen LogP contribution in [-0.2, 0) is 6.42 Å². The van der Waals surface area contributed by atoms with Gasteiger partial charge >= 0.3 is 0 Å². The Bertz CT molecular complexity index is 681. The summed E-state index contributed by atoms with van der Waals surface area (Å²) in [6.07, 6.45) is 1.83. The minimum absolute atomic E-state index is 0.135. The molecule has 0 spiro atoms. The van der Waals surface area contributed by atoms with Crippen LogP contribution >= 0.6 is 0 Å². The number of aryl methyl sites for hydroxylation is 1. The summed E-state index contributed by atoms with van der Waals surface area (Å²) >= 11 is 0. The lowest BCUT2D eigenvalue weighted by atomic mass is 10.0. The first-order chi connectivity index (χ1) is 11.5. The summed E-state index contributed by atoms with van der Waals surface area (Å²) in [4.78, 5) is 25.4. The Labute approximate surface area is 143 Å². The first-order valence-corrected chi connectivity index (χ1v) is 8.14. The van der Waals surface area contributed by atoms with Crippen LogP contribution in [0.4, 0.5) is 0 Å². The van der Waals surface area contributed by atoms with Crippen molar-refractivity contribution >= 4 is 11.7 Å². The van der Waals surface area contributed by atoms with Gasteiger partial charge in [-0.2, -0.15) is 0 Å². The van der Waals surface area contributed by atoms with Crippen LogP contribution in [0.15, 0.2) is 54.6 Å². The van der Waals surface area contributed by atoms with Crippen LogP contribution in [0.2, 0.25) is 0 Å². The molecule has 0 radical (unpaired) electrons. The van der Waals surface area contributed by atoms with Crippen molar-refractivity contribution in [2.75, 3.05) is 13.6 Å². The van der Waals surface area contributed by atoms with Gasteiger partial charge in [0, 0.05) is 17.2 Å². The number of carbonyl (C=O) groups excluding carboxylic acids is 2. The van der Waals surface area contributed by atoms with Gasteiger partial charge in [0.1, 0.15) is 0 Å². The first-order valence-electron chi connectivity index (χ1n) is 8.14. The fourth-order valence-electron chi connectivity index (χ4n) is 2.53. The molecule has 0 heterocycles. The van der Waals surface area contributed by atoms with Gasteiger partial charge in [0.05, 0.1) is 6.54 Å². The maximum Gasteiger partial charge on any atom is 0.248 e. The second-order valence-electron chi connectivity index (χ2n) is 6.15. The number of primary amides is 1. The molecule has 2 rings (SSSR count). The average molecular weight is 324 g/mol. The molecule has 24 heavy (non-hydrogen) atoms. The third-order valence-corrected chi connectivity index (χ3v) is 4.33. The van der Waals surface area contributed by atoms with Gasteiger partial charge in [0.25, 0.3) is 0 Å². The van der Waals surface area contributed by atoms with E-state index in [0.717, 1.165) is 24.0 Å². The molecular formula is C20H24N2O2. The standard InChI is InChI=1S/C20H24N2O2/c1-15(8-9-16-10-12-18(13-11-16)20(21)24)22(2)14-19(23)17-6-4-3-5-7-17/h3-7,10-13,15H,8-9,14H2,1-2H3,(H2,21,24). The Morgan fingerprint density at radius 1 is 1.00 bits per heavy atom. The third kappa shape index (κ3) is 5.03. The van der Waals surface area contributed by atoms with Crippen molar-refractivity contribution in [1.82, 2.24) is 4.90 Å². The molecule has 2 N–H and O–H groups in total. The van der Waals surface area contributed by atoms with E-state index in [-0.39, 0.29) is 11.8 Å². The molecule has 0 fully saturated rings. The highest BCUT2D eigenvalue weighted by Gasteiger charge is 2.14. The van der Waals surface area contributed by atoms with E-state index >= 15 is 0 Å². The Morgan fingerprint density at radius 2 is 1.62 bits per heavy atom. The zero-order valence-corrected chi connectivity index (χ0v) is 14.2. The predicted octanol–water partition coefficient (Wildman–Crippen LogP) is 2.92. The monoisotopic (exact) mass is 324 g/mol. The minimum Gasteiger partial charge on any atom is -0.366 e. The highest BCUT2D eigenvalue weighted by molar-refractivity contribution is 5.97. The lowest BCUT2D eigenvalue weighted by Gasteiger charge is -2.24. The van der Waals surface area contributed by atoms with Gasteiger partial charge in [-0.05, 0) is 44.5 Å². The van der Waals surface area contributed by atoms with Crippen molar-refractivity contribution in [3.8, 4) is 0 Å². The highest BCUT2D eigenvalue weighted by atomic mass is 16.1. The molecule has 4 nitrogen and oxygen atoms in total. The van der Waals surface area contributed by atoms with Crippen LogP contribution in [0.3, 0.4) is 0 Å². The number of rotatable bonds is 8. The lowest BCUT2D eigenvalue weighted by Crippen LogP contribution is -2.34. The predicted molar refractivity (Wildman–Crippen MR) is 96.1 cm³/mol. The number of carbonyl (C=O) groups is 2. The van der Waals surface area contributed by atoms with E-state index in [1.54, 1.807) is 12.1 Å². The Balaban J connectivity index is 1.84. The number of benzene rings is 2. The molecule has 1 unspecified atom stereocenters. The molecule has 2 aromatic carbocycles. The lowest BCUT2D eigenvalue weighted by molar-refractivity contribution is 0.0921. The molecule has 4 heteroatoms. The first kappa shape index (κ1) is 17.9. The summed E-state index contributed by atoms with van der Waals surface area (Å²) in [5.74, 6) is -0.273. The van der Waals surface area contributed by atoms with Crippen molar-refractivity contribution < 1.29 is 9.59 Å². The Kier molecular flexibility index (Phi) is 6.27. The Morgan fingerprint density at radius 3 is 2.21 bits per heavy atom. The zero-order chi connectivity index (χ0) is 17.5. The molecule has 0 aliphatic heterocycles. The number of hydrogen-bond acceptors (Lipinski definition) is 3. The fraction of sp³-hybridized carbons (Fsp3) is 0.300. The number of hydrogen-bond donors (Lipinski definition) is 1. The van der Waals surface area contributed by atoms with E-state index in [2.05, 4.69) is 11.8 Å². The van der Waals surface area contributed by atoms with E-state index in [9.17, 15) is 9.59 Å². The van der Waals surface area contributed by atoms with Gasteiger partial charge < -0.3 is 5.73 Å². The molecular weight excluding hydrogens is 300 g/mol. The van der Waals surface area contributed by atoms with Gasteiger partial charge in [0.15, 0.2) is 5.78 Å². The number of nitrogens with zero attached hydrogens (tertiary/aromatic N) is 1. The normalized spacial score (nSPS) is 12.1. The van der Waals surface area contributed by atoms with Gasteiger partial charge in [-0.3, -0.25) is 14.5 Å². The number of Topliss-reactive ketones (excluding diaryl/α,β-unsaturated/α-hetero) is 1. The summed E-state index contributed by atoms with van der Waals surface area (Å²) in [7, 11) is 1.97. The molecule has 126 valence electrons. The summed E-state index contributed by atoms with van der Waals surface area (Å²) in [6.45, 7) is 2.53. The molecule has 0 bridgehead atoms. The summed E-state index contributed by atoms with van der Waals surface area (Å²) in [5.41, 5.74) is 7.68. The summed E-state index contributed by atoms with van der Waals surface area (Å²) in [6, 6.07) is 17.0. The van der Waals surface area contributed by atoms with E-state index in [0.29, 0.717) is 12.1 Å². The molecule has 0 saturated heterocycles. The van der Waals surface area contributed by atoms with E-state index in [4.69, 9.17) is 5.73 Å². The fourth-order valence-corrected chi connectivity index (χ4v) is 2.53. The maximum atomic E-state index is 12.2. The molecule has 0 aromatic heterocycles. The molecule has 1 amide bonds. The molecule has 0 aliphatic carbocycles. The van der Waals surface area contributed by atoms with Crippen molar-refractivity contribution in [2.24, 2.45) is 5.73 Å². The second-order valence-corrected chi connectivity index (χ2v) is 6.15. The average Bonchev–Trinajstić information content (AvgIpc) is 2.60. The quantitative estimate of drug-likeness (QED) is 0.759. The van der Waals surface area contributed by atoms with Crippen LogP contribution in [0.25, 0.3) is 0 Å². The smallest absolute Gasteiger partial charge is 0.248 e. The third-order valence-electron chi connectivity index (χ3n) is 4.33. The molecule has 0 aliphatic rings. The number of likely N-dealkylation sites (N-methyl/N-ethyl adjacent to an activating group) is 1. The van der Waals surface area contributed by atoms with E-state index in [1.807, 2.05) is 49.5 Å². The van der Waals surface area contributed by atoms with Crippen molar-refractivity contribution in [3.05, 3.63) is 71.3 Å². The van der Waals surface area contributed by atoms with Crippen LogP contribution < -0.4 is 5.73 Å². The van der Waals surface area contributed by atoms with Gasteiger partial charge in [0.2, 0.25) is 5.91 Å². The Hall–Kier alpha value is -2.46. The van der Waals surface area contributed by atoms with E-state index < -0.39 is 5.91 Å². The van der Waals surface area contributed by atoms with Crippen molar-refractivity contribution in [3.63, 3.8) is 0 Å². The summed E-state index contributed by atoms with van der Waals surface area (Å²) < 4.78 is 0. The topological polar surface area (TPSA) is 63.4 Å². The molecule has 2 aromatic rings. The van der Waals surface area contributed by atoms with Gasteiger partial charge in [-0.25, -0.2) is 0 Å². The SMILES string of the molecule is CC(CCc1ccc(C(N)=O)cc1)N(C)CC(=O)c1ccccc1. The number of amides is 1. The van der Waals surface area contributed by atoms with E-state index in [1.165, 1.54) is 0 Å². The summed E-state index contributed by atoms with van der Waals surface area (Å²) in [5, 5.41) is 0. The van der Waals surface area contributed by atoms with Crippen LogP contribution in [-0.4, -0.2) is 36.2 Å². The number of ketones is 1. The largest absolute Gasteiger partial charge is 0.366 e. The van der Waals surface area contributed by atoms with Crippen LogP contribution in [0, 0.1) is 0 Å². The minimum atomic E-state index is -0.408. The number of nitrogens with two attached hydrogens (primary N) is 1. The van der Waals surface area contributed by atoms with Crippen molar-refractivity contribution in [1.29, 1.82) is 0 Å². The molecule has 1 atom stereocenters. The van der Waals surface area contributed by atoms with Gasteiger partial charge in [-0.15, -0.1) is 0 Å². The maximum absolute atomic E-state index is 12.2. The highest BCUT2D eigenvalue weighted by Crippen LogP contribution is 2.11. The second kappa shape index (κ2) is 8.41. The van der Waals surface area contributed by atoms with Crippen molar-refractivity contribution in [2.45, 2.75) is 25.8 Å². The van der Waals surface area contributed by atoms with Gasteiger partial charge in [-0.1, -0.05) is 42.5 Å². The zero-order valence-electron chi connectivity index (χ0n) is 14.2. The van der Waals surface area contributed by atoms with Crippen LogP contribution in [0.5, 0.6) is 0 Å². The van der Waals surface area contributed by atoms with Crippen LogP contribution in [0.1, 0.15) is 39.6 Å². The molecule has 0 saturated carbocycles.